The molecule has 0 fully saturated rings. The standard InChI is InChI=1S/C7H6N4O/c8-6(12)4-1-5-3-10-11-7(5)9-2-4/h2-3H,1H2,(H2,8,12). The first-order valence-corrected chi connectivity index (χ1v) is 3.44. The summed E-state index contributed by atoms with van der Waals surface area (Å²) in [6, 6.07) is 0. The van der Waals surface area contributed by atoms with Gasteiger partial charge in [-0.2, -0.15) is 5.11 Å². The molecule has 0 aliphatic carbocycles. The molecular weight excluding hydrogens is 156 g/mol. The van der Waals surface area contributed by atoms with E-state index in [-0.39, 0.29) is 0 Å². The molecule has 2 aliphatic heterocycles. The lowest BCUT2D eigenvalue weighted by Gasteiger charge is -2.06. The second-order valence-electron chi connectivity index (χ2n) is 2.52. The van der Waals surface area contributed by atoms with E-state index in [1.807, 2.05) is 0 Å². The number of nitrogens with zero attached hydrogens (tertiary/aromatic N) is 3. The van der Waals surface area contributed by atoms with Crippen molar-refractivity contribution in [3.8, 4) is 0 Å². The predicted molar refractivity (Wildman–Crippen MR) is 42.3 cm³/mol. The van der Waals surface area contributed by atoms with Crippen LogP contribution < -0.4 is 5.73 Å². The minimum absolute atomic E-state index is 0.439. The van der Waals surface area contributed by atoms with Crippen molar-refractivity contribution in [2.24, 2.45) is 21.0 Å². The third kappa shape index (κ3) is 0.952. The van der Waals surface area contributed by atoms with Gasteiger partial charge < -0.3 is 5.73 Å². The lowest BCUT2D eigenvalue weighted by atomic mass is 10.0. The Bertz CT molecular complexity index is 362. The van der Waals surface area contributed by atoms with Gasteiger partial charge in [-0.3, -0.25) is 4.79 Å². The second kappa shape index (κ2) is 2.37. The maximum atomic E-state index is 10.7. The average Bonchev–Trinajstić information content (AvgIpc) is 2.49. The summed E-state index contributed by atoms with van der Waals surface area (Å²) in [6.07, 6.45) is 3.52. The molecule has 60 valence electrons. The maximum Gasteiger partial charge on any atom is 0.246 e. The van der Waals surface area contributed by atoms with Crippen molar-refractivity contribution in [3.63, 3.8) is 0 Å². The van der Waals surface area contributed by atoms with Crippen LogP contribution in [0, 0.1) is 0 Å². The Hall–Kier alpha value is -1.78. The number of amidine groups is 1. The number of primary amides is 1. The van der Waals surface area contributed by atoms with Gasteiger partial charge in [0.2, 0.25) is 5.91 Å². The summed E-state index contributed by atoms with van der Waals surface area (Å²) in [7, 11) is 0. The van der Waals surface area contributed by atoms with E-state index in [0.717, 1.165) is 5.57 Å². The van der Waals surface area contributed by atoms with E-state index in [2.05, 4.69) is 15.2 Å². The molecule has 5 heteroatoms. The average molecular weight is 162 g/mol. The van der Waals surface area contributed by atoms with Gasteiger partial charge in [0, 0.05) is 23.8 Å². The molecule has 0 saturated heterocycles. The van der Waals surface area contributed by atoms with Crippen molar-refractivity contribution >= 4 is 11.7 Å². The van der Waals surface area contributed by atoms with Gasteiger partial charge >= 0.3 is 0 Å². The van der Waals surface area contributed by atoms with Crippen LogP contribution in [0.2, 0.25) is 0 Å². The number of carbonyl (C=O) groups is 1. The molecule has 2 heterocycles. The first-order chi connectivity index (χ1) is 5.77. The van der Waals surface area contributed by atoms with Crippen molar-refractivity contribution in [1.29, 1.82) is 0 Å². The van der Waals surface area contributed by atoms with Crippen LogP contribution in [0.1, 0.15) is 6.42 Å². The quantitative estimate of drug-likeness (QED) is 0.598. The number of rotatable bonds is 1. The zero-order valence-corrected chi connectivity index (χ0v) is 6.19. The van der Waals surface area contributed by atoms with E-state index in [4.69, 9.17) is 5.73 Å². The largest absolute Gasteiger partial charge is 0.366 e. The van der Waals surface area contributed by atoms with Crippen LogP contribution in [-0.2, 0) is 4.79 Å². The fourth-order valence-corrected chi connectivity index (χ4v) is 1.05. The minimum atomic E-state index is -0.439. The summed E-state index contributed by atoms with van der Waals surface area (Å²) >= 11 is 0. The van der Waals surface area contributed by atoms with Gasteiger partial charge in [-0.1, -0.05) is 0 Å². The molecule has 0 saturated carbocycles. The van der Waals surface area contributed by atoms with E-state index in [1.54, 1.807) is 6.20 Å². The number of carbonyl (C=O) groups excluding carboxylic acids is 1. The molecule has 12 heavy (non-hydrogen) atoms. The Morgan fingerprint density at radius 3 is 3.08 bits per heavy atom. The Morgan fingerprint density at radius 2 is 2.33 bits per heavy atom. The number of amides is 1. The van der Waals surface area contributed by atoms with Crippen molar-refractivity contribution < 1.29 is 4.79 Å². The first-order valence-electron chi connectivity index (χ1n) is 3.44. The van der Waals surface area contributed by atoms with Gasteiger partial charge in [0.15, 0.2) is 5.84 Å². The molecule has 0 radical (unpaired) electrons. The SMILES string of the molecule is NC(=O)C1=CN=C2N=NC=C2C1. The van der Waals surface area contributed by atoms with E-state index in [0.29, 0.717) is 17.8 Å². The van der Waals surface area contributed by atoms with Gasteiger partial charge in [0.25, 0.3) is 0 Å². The van der Waals surface area contributed by atoms with Crippen LogP contribution in [0.25, 0.3) is 0 Å². The highest BCUT2D eigenvalue weighted by Crippen LogP contribution is 2.22. The summed E-state index contributed by atoms with van der Waals surface area (Å²) in [5.74, 6) is 0.144. The summed E-state index contributed by atoms with van der Waals surface area (Å²) < 4.78 is 0. The fourth-order valence-electron chi connectivity index (χ4n) is 1.05. The Labute approximate surface area is 68.4 Å². The number of hydrogen-bond acceptors (Lipinski definition) is 4. The number of nitrogens with two attached hydrogens (primary N) is 1. The Balaban J connectivity index is 2.33. The van der Waals surface area contributed by atoms with Crippen LogP contribution in [0.4, 0.5) is 0 Å². The highest BCUT2D eigenvalue weighted by atomic mass is 16.1. The summed E-state index contributed by atoms with van der Waals surface area (Å²) in [4.78, 5) is 14.7. The van der Waals surface area contributed by atoms with E-state index in [9.17, 15) is 4.79 Å². The van der Waals surface area contributed by atoms with Crippen LogP contribution in [0.3, 0.4) is 0 Å². The van der Waals surface area contributed by atoms with E-state index in [1.165, 1.54) is 6.20 Å². The molecule has 0 spiro atoms. The number of hydrogen-bond donors (Lipinski definition) is 1. The minimum Gasteiger partial charge on any atom is -0.366 e. The van der Waals surface area contributed by atoms with E-state index < -0.39 is 5.91 Å². The molecule has 0 aromatic heterocycles. The van der Waals surface area contributed by atoms with Gasteiger partial charge in [0.05, 0.1) is 6.20 Å². The van der Waals surface area contributed by atoms with Crippen LogP contribution >= 0.6 is 0 Å². The Morgan fingerprint density at radius 1 is 1.50 bits per heavy atom. The highest BCUT2D eigenvalue weighted by Gasteiger charge is 2.19. The third-order valence-electron chi connectivity index (χ3n) is 1.69. The number of fused-ring (bicyclic) bond motifs is 1. The molecule has 0 unspecified atom stereocenters. The number of azo groups is 1. The molecule has 2 N–H and O–H groups in total. The monoisotopic (exact) mass is 162 g/mol. The fraction of sp³-hybridized carbons (Fsp3) is 0.143. The normalized spacial score (nSPS) is 19.5. The summed E-state index contributed by atoms with van der Waals surface area (Å²) in [5, 5.41) is 7.41. The third-order valence-corrected chi connectivity index (χ3v) is 1.69. The van der Waals surface area contributed by atoms with Crippen molar-refractivity contribution in [2.75, 3.05) is 0 Å². The Kier molecular flexibility index (Phi) is 1.36. The highest BCUT2D eigenvalue weighted by molar-refractivity contribution is 6.05. The summed E-state index contributed by atoms with van der Waals surface area (Å²) in [5.41, 5.74) is 6.44. The predicted octanol–water partition coefficient (Wildman–Crippen LogP) is 0.508. The van der Waals surface area contributed by atoms with E-state index >= 15 is 0 Å². The van der Waals surface area contributed by atoms with Gasteiger partial charge in [-0.05, 0) is 0 Å². The van der Waals surface area contributed by atoms with Crippen molar-refractivity contribution in [3.05, 3.63) is 23.5 Å². The van der Waals surface area contributed by atoms with Crippen molar-refractivity contribution in [1.82, 2.24) is 0 Å². The smallest absolute Gasteiger partial charge is 0.246 e. The summed E-state index contributed by atoms with van der Waals surface area (Å²) in [6.45, 7) is 0. The molecule has 1 amide bonds. The van der Waals surface area contributed by atoms with Gasteiger partial charge in [-0.15, -0.1) is 5.11 Å². The second-order valence-corrected chi connectivity index (χ2v) is 2.52. The molecular formula is C7H6N4O. The molecule has 0 bridgehead atoms. The lowest BCUT2D eigenvalue weighted by Crippen LogP contribution is -2.17. The van der Waals surface area contributed by atoms with Gasteiger partial charge in [-0.25, -0.2) is 4.99 Å². The zero-order chi connectivity index (χ0) is 8.55. The topological polar surface area (TPSA) is 80.2 Å². The molecule has 0 aromatic rings. The van der Waals surface area contributed by atoms with Crippen LogP contribution in [-0.4, -0.2) is 11.7 Å². The number of aliphatic imine (C=N–C) groups is 1. The molecule has 0 atom stereocenters. The zero-order valence-electron chi connectivity index (χ0n) is 6.19. The molecule has 5 nitrogen and oxygen atoms in total. The van der Waals surface area contributed by atoms with Crippen LogP contribution in [0.15, 0.2) is 38.8 Å². The maximum absolute atomic E-state index is 10.7. The first kappa shape index (κ1) is 6.90. The molecule has 2 rings (SSSR count). The van der Waals surface area contributed by atoms with Crippen molar-refractivity contribution in [2.45, 2.75) is 6.42 Å². The molecule has 2 aliphatic rings. The van der Waals surface area contributed by atoms with Crippen LogP contribution in [0.5, 0.6) is 0 Å². The lowest BCUT2D eigenvalue weighted by molar-refractivity contribution is -0.114. The van der Waals surface area contributed by atoms with Gasteiger partial charge in [0.1, 0.15) is 0 Å². The molecule has 0 aromatic carbocycles.